The summed E-state index contributed by atoms with van der Waals surface area (Å²) < 4.78 is 5.65. The highest BCUT2D eigenvalue weighted by molar-refractivity contribution is 6.05. The van der Waals surface area contributed by atoms with Gasteiger partial charge in [-0.05, 0) is 62.0 Å². The third kappa shape index (κ3) is 10.6. The third-order valence-corrected chi connectivity index (χ3v) is 7.49. The van der Waals surface area contributed by atoms with Gasteiger partial charge in [0, 0.05) is 6.54 Å². The van der Waals surface area contributed by atoms with Crippen molar-refractivity contribution in [2.45, 2.75) is 111 Å². The largest absolute Gasteiger partial charge is 0.462 e. The summed E-state index contributed by atoms with van der Waals surface area (Å²) in [5, 5.41) is 2.99. The fourth-order valence-electron chi connectivity index (χ4n) is 5.06. The normalized spacial score (nSPS) is 18.1. The minimum atomic E-state index is -0.379. The van der Waals surface area contributed by atoms with E-state index < -0.39 is 0 Å². The lowest BCUT2D eigenvalue weighted by Crippen LogP contribution is -2.27. The van der Waals surface area contributed by atoms with Gasteiger partial charge in [0.2, 0.25) is 0 Å². The van der Waals surface area contributed by atoms with Crippen molar-refractivity contribution in [1.29, 1.82) is 0 Å². The van der Waals surface area contributed by atoms with Gasteiger partial charge >= 0.3 is 5.97 Å². The van der Waals surface area contributed by atoms with Gasteiger partial charge in [-0.1, -0.05) is 90.7 Å². The van der Waals surface area contributed by atoms with Crippen LogP contribution in [0.25, 0.3) is 0 Å². The Bertz CT molecular complexity index is 707. The maximum atomic E-state index is 12.7. The number of unbranched alkanes of at least 4 members (excludes halogenated alkanes) is 9. The number of carbonyl (C=O) groups is 2. The van der Waals surface area contributed by atoms with Gasteiger partial charge < -0.3 is 10.1 Å². The molecule has 34 heavy (non-hydrogen) atoms. The van der Waals surface area contributed by atoms with E-state index in [1.165, 1.54) is 64.2 Å². The fraction of sp³-hybridized carbons (Fsp3) is 0.733. The number of benzene rings is 1. The molecular formula is C30H49NO3. The average Bonchev–Trinajstić information content (AvgIpc) is 2.86. The van der Waals surface area contributed by atoms with Crippen LogP contribution in [-0.4, -0.2) is 25.0 Å². The van der Waals surface area contributed by atoms with E-state index in [-0.39, 0.29) is 11.9 Å². The molecule has 0 spiro atoms. The Morgan fingerprint density at radius 1 is 0.853 bits per heavy atom. The van der Waals surface area contributed by atoms with Gasteiger partial charge in [0.05, 0.1) is 17.7 Å². The number of rotatable bonds is 16. The molecule has 1 aliphatic carbocycles. The molecule has 1 amide bonds. The summed E-state index contributed by atoms with van der Waals surface area (Å²) in [5.74, 6) is 1.41. The zero-order chi connectivity index (χ0) is 24.6. The molecule has 0 unspecified atom stereocenters. The van der Waals surface area contributed by atoms with E-state index in [9.17, 15) is 9.59 Å². The molecule has 0 aliphatic heterocycles. The molecule has 0 bridgehead atoms. The Hall–Kier alpha value is -1.84. The van der Waals surface area contributed by atoms with Gasteiger partial charge in [0.15, 0.2) is 0 Å². The molecule has 0 heterocycles. The van der Waals surface area contributed by atoms with E-state index in [1.54, 1.807) is 24.3 Å². The monoisotopic (exact) mass is 471 g/mol. The fourth-order valence-corrected chi connectivity index (χ4v) is 5.06. The van der Waals surface area contributed by atoms with Gasteiger partial charge in [-0.25, -0.2) is 4.79 Å². The Balaban J connectivity index is 1.65. The first-order chi connectivity index (χ1) is 16.5. The van der Waals surface area contributed by atoms with Crippen LogP contribution < -0.4 is 5.32 Å². The molecule has 4 nitrogen and oxygen atoms in total. The predicted octanol–water partition coefficient (Wildman–Crippen LogP) is 7.96. The molecule has 192 valence electrons. The van der Waals surface area contributed by atoms with E-state index in [0.717, 1.165) is 37.5 Å². The maximum absolute atomic E-state index is 12.7. The van der Waals surface area contributed by atoms with E-state index in [0.29, 0.717) is 30.2 Å². The SMILES string of the molecule is CCCCCCCCCCCCNC(=O)c1ccccc1C(=O)OCC1CCC(C(C)C)CC1. The number of hydrogen-bond donors (Lipinski definition) is 1. The molecule has 0 saturated heterocycles. The van der Waals surface area contributed by atoms with Crippen molar-refractivity contribution >= 4 is 11.9 Å². The van der Waals surface area contributed by atoms with Crippen molar-refractivity contribution < 1.29 is 14.3 Å². The van der Waals surface area contributed by atoms with Crippen LogP contribution in [0.2, 0.25) is 0 Å². The molecular weight excluding hydrogens is 422 g/mol. The summed E-state index contributed by atoms with van der Waals surface area (Å²) in [6.07, 6.45) is 17.4. The molecule has 1 aromatic carbocycles. The molecule has 1 N–H and O–H groups in total. The summed E-state index contributed by atoms with van der Waals surface area (Å²) in [4.78, 5) is 25.5. The summed E-state index contributed by atoms with van der Waals surface area (Å²) in [6.45, 7) is 7.95. The van der Waals surface area contributed by atoms with Gasteiger partial charge in [-0.3, -0.25) is 4.79 Å². The van der Waals surface area contributed by atoms with Crippen molar-refractivity contribution in [3.63, 3.8) is 0 Å². The summed E-state index contributed by atoms with van der Waals surface area (Å²) in [5.41, 5.74) is 0.794. The first-order valence-electron chi connectivity index (χ1n) is 14.1. The Labute approximate surface area is 208 Å². The van der Waals surface area contributed by atoms with Crippen molar-refractivity contribution in [2.24, 2.45) is 17.8 Å². The van der Waals surface area contributed by atoms with Crippen LogP contribution in [0.1, 0.15) is 131 Å². The van der Waals surface area contributed by atoms with Crippen LogP contribution in [0.4, 0.5) is 0 Å². The number of amides is 1. The number of esters is 1. The summed E-state index contributed by atoms with van der Waals surface area (Å²) in [7, 11) is 0. The van der Waals surface area contributed by atoms with Crippen LogP contribution >= 0.6 is 0 Å². The van der Waals surface area contributed by atoms with E-state index in [4.69, 9.17) is 4.74 Å². The van der Waals surface area contributed by atoms with Crippen molar-refractivity contribution in [2.75, 3.05) is 13.2 Å². The molecule has 1 aliphatic rings. The van der Waals surface area contributed by atoms with Gasteiger partial charge in [0.25, 0.3) is 5.91 Å². The highest BCUT2D eigenvalue weighted by Gasteiger charge is 2.25. The Kier molecular flexibility index (Phi) is 14.0. The second-order valence-electron chi connectivity index (χ2n) is 10.6. The average molecular weight is 472 g/mol. The first-order valence-corrected chi connectivity index (χ1v) is 14.1. The quantitative estimate of drug-likeness (QED) is 0.196. The zero-order valence-corrected chi connectivity index (χ0v) is 22.1. The van der Waals surface area contributed by atoms with E-state index >= 15 is 0 Å². The number of carbonyl (C=O) groups excluding carboxylic acids is 2. The molecule has 0 atom stereocenters. The van der Waals surface area contributed by atoms with Crippen LogP contribution in [0.3, 0.4) is 0 Å². The molecule has 2 rings (SSSR count). The highest BCUT2D eigenvalue weighted by Crippen LogP contribution is 2.33. The first kappa shape index (κ1) is 28.4. The van der Waals surface area contributed by atoms with E-state index in [1.807, 2.05) is 0 Å². The third-order valence-electron chi connectivity index (χ3n) is 7.49. The van der Waals surface area contributed by atoms with Crippen LogP contribution in [-0.2, 0) is 4.74 Å². The number of ether oxygens (including phenoxy) is 1. The van der Waals surface area contributed by atoms with Crippen molar-refractivity contribution in [3.8, 4) is 0 Å². The lowest BCUT2D eigenvalue weighted by atomic mass is 9.77. The van der Waals surface area contributed by atoms with Gasteiger partial charge in [-0.2, -0.15) is 0 Å². The lowest BCUT2D eigenvalue weighted by Gasteiger charge is -2.30. The van der Waals surface area contributed by atoms with Crippen LogP contribution in [0.5, 0.6) is 0 Å². The molecule has 1 fully saturated rings. The van der Waals surface area contributed by atoms with Crippen molar-refractivity contribution in [1.82, 2.24) is 5.32 Å². The lowest BCUT2D eigenvalue weighted by molar-refractivity contribution is 0.0382. The predicted molar refractivity (Wildman–Crippen MR) is 141 cm³/mol. The Morgan fingerprint density at radius 2 is 1.41 bits per heavy atom. The van der Waals surface area contributed by atoms with Crippen LogP contribution in [0, 0.1) is 17.8 Å². The maximum Gasteiger partial charge on any atom is 0.338 e. The highest BCUT2D eigenvalue weighted by atomic mass is 16.5. The van der Waals surface area contributed by atoms with Crippen LogP contribution in [0.15, 0.2) is 24.3 Å². The Morgan fingerprint density at radius 3 is 2.00 bits per heavy atom. The number of hydrogen-bond acceptors (Lipinski definition) is 3. The summed E-state index contributed by atoms with van der Waals surface area (Å²) in [6, 6.07) is 7.02. The second kappa shape index (κ2) is 16.7. The zero-order valence-electron chi connectivity index (χ0n) is 22.1. The standard InChI is InChI=1S/C30H49NO3/c1-4-5-6-7-8-9-10-11-12-15-22-31-29(32)27-16-13-14-17-28(27)30(33)34-23-25-18-20-26(21-19-25)24(2)3/h13-14,16-17,24-26H,4-12,15,18-23H2,1-3H3,(H,31,32). The molecule has 1 saturated carbocycles. The van der Waals surface area contributed by atoms with E-state index in [2.05, 4.69) is 26.1 Å². The molecule has 4 heteroatoms. The number of nitrogens with one attached hydrogen (secondary N) is 1. The second-order valence-corrected chi connectivity index (χ2v) is 10.6. The smallest absolute Gasteiger partial charge is 0.338 e. The minimum Gasteiger partial charge on any atom is -0.462 e. The molecule has 1 aromatic rings. The summed E-state index contributed by atoms with van der Waals surface area (Å²) >= 11 is 0. The molecule has 0 aromatic heterocycles. The van der Waals surface area contributed by atoms with Gasteiger partial charge in [0.1, 0.15) is 0 Å². The minimum absolute atomic E-state index is 0.180. The van der Waals surface area contributed by atoms with Gasteiger partial charge in [-0.15, -0.1) is 0 Å². The van der Waals surface area contributed by atoms with Crippen molar-refractivity contribution in [3.05, 3.63) is 35.4 Å². The topological polar surface area (TPSA) is 55.4 Å². The molecule has 0 radical (unpaired) electrons.